The van der Waals surface area contributed by atoms with Crippen molar-refractivity contribution in [1.29, 1.82) is 0 Å². The maximum Gasteiger partial charge on any atom is 0.126 e. The van der Waals surface area contributed by atoms with Crippen molar-refractivity contribution >= 4 is 0 Å². The SMILES string of the molecule is CC(C)(C)NCCCOc1cccc(F)c1. The highest BCUT2D eigenvalue weighted by Gasteiger charge is 2.07. The second-order valence-corrected chi connectivity index (χ2v) is 4.84. The molecule has 0 saturated carbocycles. The molecule has 0 aliphatic heterocycles. The van der Waals surface area contributed by atoms with Crippen molar-refractivity contribution in [3.63, 3.8) is 0 Å². The zero-order valence-electron chi connectivity index (χ0n) is 10.2. The second-order valence-electron chi connectivity index (χ2n) is 4.84. The Kier molecular flexibility index (Phi) is 4.74. The van der Waals surface area contributed by atoms with Gasteiger partial charge in [0.05, 0.1) is 6.61 Å². The third kappa shape index (κ3) is 5.71. The van der Waals surface area contributed by atoms with E-state index < -0.39 is 0 Å². The summed E-state index contributed by atoms with van der Waals surface area (Å²) in [6.45, 7) is 7.88. The molecule has 0 radical (unpaired) electrons. The lowest BCUT2D eigenvalue weighted by Crippen LogP contribution is -2.36. The number of ether oxygens (including phenoxy) is 1. The van der Waals surface area contributed by atoms with Crippen LogP contribution < -0.4 is 10.1 Å². The van der Waals surface area contributed by atoms with Crippen molar-refractivity contribution in [3.8, 4) is 5.75 Å². The minimum atomic E-state index is -0.259. The van der Waals surface area contributed by atoms with Crippen LogP contribution in [0.5, 0.6) is 5.75 Å². The van der Waals surface area contributed by atoms with E-state index in [-0.39, 0.29) is 11.4 Å². The Morgan fingerprint density at radius 1 is 1.31 bits per heavy atom. The van der Waals surface area contributed by atoms with Gasteiger partial charge in [-0.3, -0.25) is 0 Å². The van der Waals surface area contributed by atoms with Crippen LogP contribution in [0, 0.1) is 5.82 Å². The normalized spacial score (nSPS) is 11.5. The Bertz CT molecular complexity index is 320. The number of hydrogen-bond donors (Lipinski definition) is 1. The highest BCUT2D eigenvalue weighted by Crippen LogP contribution is 2.11. The zero-order chi connectivity index (χ0) is 12.0. The molecule has 0 aliphatic carbocycles. The molecular weight excluding hydrogens is 205 g/mol. The average Bonchev–Trinajstić information content (AvgIpc) is 2.15. The molecule has 90 valence electrons. The van der Waals surface area contributed by atoms with Crippen LogP contribution in [0.15, 0.2) is 24.3 Å². The summed E-state index contributed by atoms with van der Waals surface area (Å²) >= 11 is 0. The minimum absolute atomic E-state index is 0.138. The lowest BCUT2D eigenvalue weighted by molar-refractivity contribution is 0.297. The predicted molar refractivity (Wildman–Crippen MR) is 64.3 cm³/mol. The Balaban J connectivity index is 2.17. The highest BCUT2D eigenvalue weighted by molar-refractivity contribution is 5.22. The van der Waals surface area contributed by atoms with Crippen LogP contribution in [0.2, 0.25) is 0 Å². The standard InChI is InChI=1S/C13H20FNO/c1-13(2,3)15-8-5-9-16-12-7-4-6-11(14)10-12/h4,6-7,10,15H,5,8-9H2,1-3H3. The Labute approximate surface area is 96.8 Å². The first-order chi connectivity index (χ1) is 7.47. The molecule has 3 heteroatoms. The van der Waals surface area contributed by atoms with Crippen molar-refractivity contribution in [1.82, 2.24) is 5.32 Å². The molecule has 0 bridgehead atoms. The molecule has 16 heavy (non-hydrogen) atoms. The summed E-state index contributed by atoms with van der Waals surface area (Å²) in [6.07, 6.45) is 0.910. The fourth-order valence-electron chi connectivity index (χ4n) is 1.28. The average molecular weight is 225 g/mol. The van der Waals surface area contributed by atoms with E-state index in [1.165, 1.54) is 12.1 Å². The van der Waals surface area contributed by atoms with Crippen molar-refractivity contribution in [2.75, 3.05) is 13.2 Å². The first-order valence-electron chi connectivity index (χ1n) is 5.61. The maximum absolute atomic E-state index is 12.8. The molecule has 0 spiro atoms. The molecule has 0 amide bonds. The van der Waals surface area contributed by atoms with E-state index in [1.807, 2.05) is 0 Å². The number of hydrogen-bond acceptors (Lipinski definition) is 2. The number of rotatable bonds is 5. The molecule has 2 nitrogen and oxygen atoms in total. The third-order valence-corrected chi connectivity index (χ3v) is 2.04. The summed E-state index contributed by atoms with van der Waals surface area (Å²) in [5.74, 6) is 0.334. The molecule has 1 aromatic rings. The summed E-state index contributed by atoms with van der Waals surface area (Å²) in [6, 6.07) is 6.23. The quantitative estimate of drug-likeness (QED) is 0.778. The summed E-state index contributed by atoms with van der Waals surface area (Å²) < 4.78 is 18.2. The predicted octanol–water partition coefficient (Wildman–Crippen LogP) is 2.98. The van der Waals surface area contributed by atoms with E-state index in [2.05, 4.69) is 26.1 Å². The monoisotopic (exact) mass is 225 g/mol. The van der Waals surface area contributed by atoms with E-state index in [9.17, 15) is 4.39 Å². The molecule has 1 aromatic carbocycles. The molecule has 1 rings (SSSR count). The van der Waals surface area contributed by atoms with Crippen LogP contribution in [0.25, 0.3) is 0 Å². The number of halogens is 1. The van der Waals surface area contributed by atoms with Gasteiger partial charge in [0.2, 0.25) is 0 Å². The number of nitrogens with one attached hydrogen (secondary N) is 1. The van der Waals surface area contributed by atoms with Crippen molar-refractivity contribution in [2.45, 2.75) is 32.7 Å². The van der Waals surface area contributed by atoms with Gasteiger partial charge < -0.3 is 10.1 Å². The van der Waals surface area contributed by atoms with Gasteiger partial charge in [0, 0.05) is 11.6 Å². The molecular formula is C13H20FNO. The minimum Gasteiger partial charge on any atom is -0.493 e. The number of benzene rings is 1. The second kappa shape index (κ2) is 5.85. The molecule has 0 heterocycles. The van der Waals surface area contributed by atoms with E-state index in [0.717, 1.165) is 13.0 Å². The molecule has 0 aromatic heterocycles. The van der Waals surface area contributed by atoms with Gasteiger partial charge in [0.15, 0.2) is 0 Å². The van der Waals surface area contributed by atoms with Crippen LogP contribution in [-0.4, -0.2) is 18.7 Å². The van der Waals surface area contributed by atoms with E-state index in [1.54, 1.807) is 12.1 Å². The Morgan fingerprint density at radius 3 is 2.69 bits per heavy atom. The molecule has 0 atom stereocenters. The molecule has 0 aliphatic rings. The summed E-state index contributed by atoms with van der Waals surface area (Å²) in [5.41, 5.74) is 0.138. The van der Waals surface area contributed by atoms with Gasteiger partial charge in [0.1, 0.15) is 11.6 Å². The van der Waals surface area contributed by atoms with Gasteiger partial charge in [0.25, 0.3) is 0 Å². The van der Waals surface area contributed by atoms with Gasteiger partial charge >= 0.3 is 0 Å². The molecule has 0 saturated heterocycles. The molecule has 0 fully saturated rings. The van der Waals surface area contributed by atoms with E-state index in [0.29, 0.717) is 12.4 Å². The molecule has 0 unspecified atom stereocenters. The zero-order valence-corrected chi connectivity index (χ0v) is 10.2. The maximum atomic E-state index is 12.8. The van der Waals surface area contributed by atoms with Gasteiger partial charge in [-0.05, 0) is 45.9 Å². The largest absolute Gasteiger partial charge is 0.493 e. The van der Waals surface area contributed by atoms with Gasteiger partial charge in [-0.1, -0.05) is 6.07 Å². The summed E-state index contributed by atoms with van der Waals surface area (Å²) in [7, 11) is 0. The van der Waals surface area contributed by atoms with Crippen LogP contribution in [0.1, 0.15) is 27.2 Å². The van der Waals surface area contributed by atoms with Crippen molar-refractivity contribution in [3.05, 3.63) is 30.1 Å². The lowest BCUT2D eigenvalue weighted by Gasteiger charge is -2.20. The van der Waals surface area contributed by atoms with E-state index >= 15 is 0 Å². The van der Waals surface area contributed by atoms with Crippen molar-refractivity contribution < 1.29 is 9.13 Å². The lowest BCUT2D eigenvalue weighted by atomic mass is 10.1. The van der Waals surface area contributed by atoms with E-state index in [4.69, 9.17) is 4.74 Å². The molecule has 1 N–H and O–H groups in total. The van der Waals surface area contributed by atoms with Crippen LogP contribution in [0.4, 0.5) is 4.39 Å². The van der Waals surface area contributed by atoms with Crippen molar-refractivity contribution in [2.24, 2.45) is 0 Å². The highest BCUT2D eigenvalue weighted by atomic mass is 19.1. The first-order valence-corrected chi connectivity index (χ1v) is 5.61. The van der Waals surface area contributed by atoms with Crippen LogP contribution in [0.3, 0.4) is 0 Å². The third-order valence-electron chi connectivity index (χ3n) is 2.04. The smallest absolute Gasteiger partial charge is 0.126 e. The van der Waals surface area contributed by atoms with Crippen LogP contribution >= 0.6 is 0 Å². The Hall–Kier alpha value is -1.09. The van der Waals surface area contributed by atoms with Gasteiger partial charge in [-0.2, -0.15) is 0 Å². The first kappa shape index (κ1) is 13.0. The van der Waals surface area contributed by atoms with Gasteiger partial charge in [-0.25, -0.2) is 4.39 Å². The van der Waals surface area contributed by atoms with Crippen LogP contribution in [-0.2, 0) is 0 Å². The fraction of sp³-hybridized carbons (Fsp3) is 0.538. The fourth-order valence-corrected chi connectivity index (χ4v) is 1.28. The summed E-state index contributed by atoms with van der Waals surface area (Å²) in [5, 5.41) is 3.37. The topological polar surface area (TPSA) is 21.3 Å². The van der Waals surface area contributed by atoms with Gasteiger partial charge in [-0.15, -0.1) is 0 Å². The Morgan fingerprint density at radius 2 is 2.06 bits per heavy atom. The summed E-state index contributed by atoms with van der Waals surface area (Å²) in [4.78, 5) is 0.